The van der Waals surface area contributed by atoms with Gasteiger partial charge in [0.2, 0.25) is 0 Å². The third kappa shape index (κ3) is 3.66. The molecule has 0 amide bonds. The van der Waals surface area contributed by atoms with Crippen LogP contribution in [0, 0.1) is 0 Å². The summed E-state index contributed by atoms with van der Waals surface area (Å²) < 4.78 is 5.53. The topological polar surface area (TPSA) is 52.1 Å². The summed E-state index contributed by atoms with van der Waals surface area (Å²) in [7, 11) is 0. The third-order valence-corrected chi connectivity index (χ3v) is 2.50. The molecule has 92 valence electrons. The molecule has 0 saturated heterocycles. The van der Waals surface area contributed by atoms with Gasteiger partial charge in [0, 0.05) is 24.2 Å². The van der Waals surface area contributed by atoms with Crippen LogP contribution in [0.3, 0.4) is 0 Å². The summed E-state index contributed by atoms with van der Waals surface area (Å²) >= 11 is 0. The first-order valence-corrected chi connectivity index (χ1v) is 5.80. The van der Waals surface area contributed by atoms with Gasteiger partial charge in [0.1, 0.15) is 5.75 Å². The Labute approximate surface area is 106 Å². The number of ether oxygens (including phenoxy) is 1. The lowest BCUT2D eigenvalue weighted by Crippen LogP contribution is -2.00. The molecule has 0 saturated carbocycles. The SMILES string of the molecule is O=Cc1cncc(OCCCc2ccncc2)c1. The van der Waals surface area contributed by atoms with E-state index in [-0.39, 0.29) is 0 Å². The number of carbonyl (C=O) groups is 1. The van der Waals surface area contributed by atoms with Gasteiger partial charge in [0.05, 0.1) is 12.8 Å². The second-order valence-electron chi connectivity index (χ2n) is 3.88. The highest BCUT2D eigenvalue weighted by Crippen LogP contribution is 2.10. The van der Waals surface area contributed by atoms with Crippen molar-refractivity contribution in [3.8, 4) is 5.75 Å². The number of aryl methyl sites for hydroxylation is 1. The van der Waals surface area contributed by atoms with E-state index in [9.17, 15) is 4.79 Å². The summed E-state index contributed by atoms with van der Waals surface area (Å²) in [4.78, 5) is 18.5. The highest BCUT2D eigenvalue weighted by molar-refractivity contribution is 5.74. The Morgan fingerprint density at radius 1 is 1.17 bits per heavy atom. The number of aldehydes is 1. The molecule has 2 aromatic rings. The van der Waals surface area contributed by atoms with Crippen molar-refractivity contribution in [2.45, 2.75) is 12.8 Å². The highest BCUT2D eigenvalue weighted by Gasteiger charge is 1.97. The lowest BCUT2D eigenvalue weighted by Gasteiger charge is -2.05. The summed E-state index contributed by atoms with van der Waals surface area (Å²) in [5.74, 6) is 0.634. The van der Waals surface area contributed by atoms with Gasteiger partial charge in [-0.15, -0.1) is 0 Å². The van der Waals surface area contributed by atoms with Gasteiger partial charge in [0.15, 0.2) is 6.29 Å². The van der Waals surface area contributed by atoms with Crippen LogP contribution in [0.5, 0.6) is 5.75 Å². The van der Waals surface area contributed by atoms with Gasteiger partial charge in [-0.1, -0.05) is 0 Å². The second-order valence-corrected chi connectivity index (χ2v) is 3.88. The molecule has 0 fully saturated rings. The molecule has 0 unspecified atom stereocenters. The maximum Gasteiger partial charge on any atom is 0.151 e. The van der Waals surface area contributed by atoms with Crippen molar-refractivity contribution in [3.63, 3.8) is 0 Å². The number of hydrogen-bond donors (Lipinski definition) is 0. The minimum Gasteiger partial charge on any atom is -0.492 e. The molecule has 0 aliphatic carbocycles. The van der Waals surface area contributed by atoms with E-state index in [1.54, 1.807) is 24.7 Å². The Morgan fingerprint density at radius 2 is 2.00 bits per heavy atom. The largest absolute Gasteiger partial charge is 0.492 e. The summed E-state index contributed by atoms with van der Waals surface area (Å²) in [6.07, 6.45) is 9.31. The quantitative estimate of drug-likeness (QED) is 0.576. The average molecular weight is 242 g/mol. The molecule has 0 aliphatic rings. The molecule has 0 N–H and O–H groups in total. The number of hydrogen-bond acceptors (Lipinski definition) is 4. The molecule has 2 rings (SSSR count). The van der Waals surface area contributed by atoms with E-state index in [0.29, 0.717) is 17.9 Å². The lowest BCUT2D eigenvalue weighted by atomic mass is 10.1. The Kier molecular flexibility index (Phi) is 4.41. The number of pyridine rings is 2. The van der Waals surface area contributed by atoms with Crippen LogP contribution in [0.2, 0.25) is 0 Å². The average Bonchev–Trinajstić information content (AvgIpc) is 2.45. The van der Waals surface area contributed by atoms with Crippen LogP contribution < -0.4 is 4.74 Å². The lowest BCUT2D eigenvalue weighted by molar-refractivity contribution is 0.112. The first kappa shape index (κ1) is 12.2. The van der Waals surface area contributed by atoms with Crippen LogP contribution in [0.25, 0.3) is 0 Å². The zero-order valence-electron chi connectivity index (χ0n) is 9.95. The third-order valence-electron chi connectivity index (χ3n) is 2.50. The molecular formula is C14H14N2O2. The van der Waals surface area contributed by atoms with Crippen LogP contribution >= 0.6 is 0 Å². The molecule has 0 atom stereocenters. The van der Waals surface area contributed by atoms with Crippen molar-refractivity contribution in [1.82, 2.24) is 9.97 Å². The van der Waals surface area contributed by atoms with Gasteiger partial charge in [-0.05, 0) is 36.6 Å². The number of rotatable bonds is 6. The molecule has 0 aromatic carbocycles. The first-order chi connectivity index (χ1) is 8.88. The zero-order valence-corrected chi connectivity index (χ0v) is 9.95. The molecular weight excluding hydrogens is 228 g/mol. The summed E-state index contributed by atoms with van der Waals surface area (Å²) in [5.41, 5.74) is 1.77. The Hall–Kier alpha value is -2.23. The van der Waals surface area contributed by atoms with E-state index < -0.39 is 0 Å². The predicted octanol–water partition coefficient (Wildman–Crippen LogP) is 2.30. The Bertz CT molecular complexity index is 500. The second kappa shape index (κ2) is 6.49. The van der Waals surface area contributed by atoms with Crippen LogP contribution in [-0.2, 0) is 6.42 Å². The highest BCUT2D eigenvalue weighted by atomic mass is 16.5. The van der Waals surface area contributed by atoms with Crippen molar-refractivity contribution >= 4 is 6.29 Å². The van der Waals surface area contributed by atoms with Crippen molar-refractivity contribution < 1.29 is 9.53 Å². The molecule has 18 heavy (non-hydrogen) atoms. The number of aromatic nitrogens is 2. The maximum absolute atomic E-state index is 10.6. The molecule has 4 heteroatoms. The van der Waals surface area contributed by atoms with E-state index in [0.717, 1.165) is 19.1 Å². The fraction of sp³-hybridized carbons (Fsp3) is 0.214. The van der Waals surface area contributed by atoms with Crippen LogP contribution in [-0.4, -0.2) is 22.9 Å². The van der Waals surface area contributed by atoms with Gasteiger partial charge >= 0.3 is 0 Å². The zero-order chi connectivity index (χ0) is 12.6. The molecule has 0 spiro atoms. The molecule has 0 aliphatic heterocycles. The first-order valence-electron chi connectivity index (χ1n) is 5.80. The van der Waals surface area contributed by atoms with Gasteiger partial charge in [0.25, 0.3) is 0 Å². The molecule has 4 nitrogen and oxygen atoms in total. The normalized spacial score (nSPS) is 10.0. The van der Waals surface area contributed by atoms with Gasteiger partial charge < -0.3 is 4.74 Å². The van der Waals surface area contributed by atoms with Crippen LogP contribution in [0.4, 0.5) is 0 Å². The van der Waals surface area contributed by atoms with E-state index in [4.69, 9.17) is 4.74 Å². The van der Waals surface area contributed by atoms with Crippen molar-refractivity contribution in [3.05, 3.63) is 54.1 Å². The predicted molar refractivity (Wildman–Crippen MR) is 67.7 cm³/mol. The molecule has 2 aromatic heterocycles. The summed E-state index contributed by atoms with van der Waals surface area (Å²) in [6.45, 7) is 0.603. The summed E-state index contributed by atoms with van der Waals surface area (Å²) in [6, 6.07) is 5.68. The molecule has 0 bridgehead atoms. The standard InChI is InChI=1S/C14H14N2O2/c17-11-13-8-14(10-16-9-13)18-7-1-2-12-3-5-15-6-4-12/h3-6,8-11H,1-2,7H2. The minimum atomic E-state index is 0.529. The van der Waals surface area contributed by atoms with Gasteiger partial charge in [-0.2, -0.15) is 0 Å². The smallest absolute Gasteiger partial charge is 0.151 e. The van der Waals surface area contributed by atoms with Gasteiger partial charge in [-0.3, -0.25) is 14.8 Å². The molecule has 0 radical (unpaired) electrons. The van der Waals surface area contributed by atoms with Crippen molar-refractivity contribution in [1.29, 1.82) is 0 Å². The minimum absolute atomic E-state index is 0.529. The van der Waals surface area contributed by atoms with E-state index in [1.165, 1.54) is 11.8 Å². The number of carbonyl (C=O) groups excluding carboxylic acids is 1. The van der Waals surface area contributed by atoms with Crippen LogP contribution in [0.1, 0.15) is 22.3 Å². The molecule has 2 heterocycles. The maximum atomic E-state index is 10.6. The summed E-state index contributed by atoms with van der Waals surface area (Å²) in [5, 5.41) is 0. The number of nitrogens with zero attached hydrogens (tertiary/aromatic N) is 2. The van der Waals surface area contributed by atoms with Gasteiger partial charge in [-0.25, -0.2) is 0 Å². The van der Waals surface area contributed by atoms with Crippen molar-refractivity contribution in [2.24, 2.45) is 0 Å². The van der Waals surface area contributed by atoms with E-state index in [2.05, 4.69) is 9.97 Å². The van der Waals surface area contributed by atoms with E-state index >= 15 is 0 Å². The van der Waals surface area contributed by atoms with Crippen molar-refractivity contribution in [2.75, 3.05) is 6.61 Å². The Balaban J connectivity index is 1.76. The monoisotopic (exact) mass is 242 g/mol. The van der Waals surface area contributed by atoms with E-state index in [1.807, 2.05) is 12.1 Å². The Morgan fingerprint density at radius 3 is 2.78 bits per heavy atom. The van der Waals surface area contributed by atoms with Crippen LogP contribution in [0.15, 0.2) is 43.0 Å². The fourth-order valence-corrected chi connectivity index (χ4v) is 1.59. The fourth-order valence-electron chi connectivity index (χ4n) is 1.59.